The van der Waals surface area contributed by atoms with Crippen molar-refractivity contribution < 1.29 is 14.9 Å². The minimum atomic E-state index is -0.689. The lowest BCUT2D eigenvalue weighted by molar-refractivity contribution is -0.0496. The second-order valence-electron chi connectivity index (χ2n) is 4.86. The first kappa shape index (κ1) is 12.4. The number of amidine groups is 1. The summed E-state index contributed by atoms with van der Waals surface area (Å²) in [5, 5.41) is 30.2. The second-order valence-corrected chi connectivity index (χ2v) is 4.86. The summed E-state index contributed by atoms with van der Waals surface area (Å²) in [5.74, 6) is 1.00. The number of imidazole rings is 1. The molecule has 1 saturated heterocycles. The van der Waals surface area contributed by atoms with E-state index in [4.69, 9.17) is 15.3 Å². The molecule has 0 aromatic carbocycles. The number of aliphatic hydroxyl groups is 2. The smallest absolute Gasteiger partial charge is 0.163 e. The molecule has 0 amide bonds. The number of fused-ring (bicyclic) bond motifs is 1. The summed E-state index contributed by atoms with van der Waals surface area (Å²) in [5.41, 5.74) is 0.539. The van der Waals surface area contributed by atoms with Crippen molar-refractivity contribution in [2.24, 2.45) is 0 Å². The van der Waals surface area contributed by atoms with Gasteiger partial charge in [-0.3, -0.25) is 9.98 Å². The molecule has 1 aromatic rings. The Morgan fingerprint density at radius 1 is 1.63 bits per heavy atom. The van der Waals surface area contributed by atoms with E-state index in [1.807, 2.05) is 0 Å². The van der Waals surface area contributed by atoms with Crippen LogP contribution in [0.2, 0.25) is 0 Å². The van der Waals surface area contributed by atoms with Crippen molar-refractivity contribution in [2.45, 2.75) is 24.9 Å². The third kappa shape index (κ3) is 1.88. The van der Waals surface area contributed by atoms with E-state index in [1.165, 1.54) is 0 Å². The molecule has 0 radical (unpaired) electrons. The van der Waals surface area contributed by atoms with Crippen molar-refractivity contribution >= 4 is 11.7 Å². The molecule has 1 aromatic heterocycles. The number of anilines is 1. The Hall–Kier alpha value is -1.64. The predicted molar refractivity (Wildman–Crippen MR) is 66.9 cm³/mol. The highest BCUT2D eigenvalue weighted by Gasteiger charge is 2.37. The van der Waals surface area contributed by atoms with Gasteiger partial charge in [0, 0.05) is 13.5 Å². The van der Waals surface area contributed by atoms with Gasteiger partial charge in [-0.2, -0.15) is 0 Å². The molecular formula is C11H17N5O3. The van der Waals surface area contributed by atoms with Crippen LogP contribution in [0.15, 0.2) is 6.33 Å². The summed E-state index contributed by atoms with van der Waals surface area (Å²) < 4.78 is 7.29. The first-order chi connectivity index (χ1) is 9.11. The Morgan fingerprint density at radius 3 is 3.11 bits per heavy atom. The Morgan fingerprint density at radius 2 is 2.42 bits per heavy atom. The third-order valence-electron chi connectivity index (χ3n) is 3.53. The van der Waals surface area contributed by atoms with E-state index < -0.39 is 12.3 Å². The first-order valence-electron chi connectivity index (χ1n) is 6.17. The fraction of sp³-hybridized carbons (Fsp3) is 0.636. The molecule has 0 saturated carbocycles. The molecule has 3 atom stereocenters. The summed E-state index contributed by atoms with van der Waals surface area (Å²) in [4.78, 5) is 5.94. The van der Waals surface area contributed by atoms with Gasteiger partial charge in [0.2, 0.25) is 0 Å². The van der Waals surface area contributed by atoms with Crippen LogP contribution in [0.25, 0.3) is 0 Å². The topological polar surface area (TPSA) is 107 Å². The molecule has 2 aliphatic heterocycles. The van der Waals surface area contributed by atoms with E-state index in [2.05, 4.69) is 10.3 Å². The molecule has 8 heteroatoms. The molecule has 2 aliphatic rings. The third-order valence-corrected chi connectivity index (χ3v) is 3.53. The zero-order valence-corrected chi connectivity index (χ0v) is 10.6. The maximum atomic E-state index is 10.0. The van der Waals surface area contributed by atoms with Gasteiger partial charge in [0.1, 0.15) is 17.6 Å². The van der Waals surface area contributed by atoms with Gasteiger partial charge >= 0.3 is 0 Å². The maximum Gasteiger partial charge on any atom is 0.163 e. The molecule has 3 unspecified atom stereocenters. The molecule has 104 valence electrons. The molecule has 3 heterocycles. The average Bonchev–Trinajstić information content (AvgIpc) is 2.97. The summed E-state index contributed by atoms with van der Waals surface area (Å²) in [7, 11) is 1.81. The zero-order chi connectivity index (χ0) is 13.6. The van der Waals surface area contributed by atoms with Crippen molar-refractivity contribution in [3.8, 4) is 0 Å². The van der Waals surface area contributed by atoms with Crippen LogP contribution in [0.5, 0.6) is 0 Å². The van der Waals surface area contributed by atoms with Crippen LogP contribution in [0.4, 0.5) is 5.82 Å². The number of rotatable bonds is 2. The molecule has 0 bridgehead atoms. The van der Waals surface area contributed by atoms with Crippen molar-refractivity contribution in [2.75, 3.05) is 25.6 Å². The van der Waals surface area contributed by atoms with Crippen LogP contribution in [0.3, 0.4) is 0 Å². The number of aromatic nitrogens is 2. The standard InChI is InChI=1S/C11H17N5O3/c1-15-4-14-10-8(9(15)12)13-5-16(10)11-7(18)2-6(3-17)19-11/h5-7,11-12,14,17-18H,2-4H2,1H3. The Labute approximate surface area is 110 Å². The van der Waals surface area contributed by atoms with Gasteiger partial charge in [-0.25, -0.2) is 4.98 Å². The SMILES string of the molecule is CN1CNc2c(ncn2C2OC(CO)CC2O)C1=N. The lowest BCUT2D eigenvalue weighted by Gasteiger charge is -2.28. The Balaban J connectivity index is 1.91. The van der Waals surface area contributed by atoms with Gasteiger partial charge in [0.15, 0.2) is 12.1 Å². The Kier molecular flexibility index (Phi) is 2.92. The van der Waals surface area contributed by atoms with E-state index in [0.717, 1.165) is 0 Å². The monoisotopic (exact) mass is 267 g/mol. The van der Waals surface area contributed by atoms with Crippen molar-refractivity contribution in [3.63, 3.8) is 0 Å². The number of nitrogens with one attached hydrogen (secondary N) is 2. The lowest BCUT2D eigenvalue weighted by atomic mass is 10.2. The van der Waals surface area contributed by atoms with Gasteiger partial charge in [-0.1, -0.05) is 0 Å². The van der Waals surface area contributed by atoms with Gasteiger partial charge in [0.25, 0.3) is 0 Å². The number of hydrogen-bond acceptors (Lipinski definition) is 6. The van der Waals surface area contributed by atoms with Crippen LogP contribution < -0.4 is 5.32 Å². The highest BCUT2D eigenvalue weighted by molar-refractivity contribution is 6.00. The van der Waals surface area contributed by atoms with Crippen LogP contribution >= 0.6 is 0 Å². The molecule has 8 nitrogen and oxygen atoms in total. The highest BCUT2D eigenvalue weighted by Crippen LogP contribution is 2.33. The van der Waals surface area contributed by atoms with Crippen molar-refractivity contribution in [3.05, 3.63) is 12.0 Å². The van der Waals surface area contributed by atoms with Gasteiger partial charge < -0.3 is 25.2 Å². The zero-order valence-electron chi connectivity index (χ0n) is 10.6. The first-order valence-corrected chi connectivity index (χ1v) is 6.17. The average molecular weight is 267 g/mol. The highest BCUT2D eigenvalue weighted by atomic mass is 16.5. The lowest BCUT2D eigenvalue weighted by Crippen LogP contribution is -2.38. The van der Waals surface area contributed by atoms with E-state index in [0.29, 0.717) is 30.4 Å². The normalized spacial score (nSPS) is 30.4. The van der Waals surface area contributed by atoms with E-state index in [-0.39, 0.29) is 12.7 Å². The molecule has 19 heavy (non-hydrogen) atoms. The number of aliphatic hydroxyl groups excluding tert-OH is 2. The van der Waals surface area contributed by atoms with E-state index in [9.17, 15) is 5.11 Å². The van der Waals surface area contributed by atoms with Gasteiger partial charge in [0.05, 0.1) is 25.7 Å². The maximum absolute atomic E-state index is 10.0. The molecular weight excluding hydrogens is 250 g/mol. The minimum Gasteiger partial charge on any atom is -0.394 e. The summed E-state index contributed by atoms with van der Waals surface area (Å²) >= 11 is 0. The number of hydrogen-bond donors (Lipinski definition) is 4. The second kappa shape index (κ2) is 4.48. The quantitative estimate of drug-likeness (QED) is 0.557. The molecule has 0 spiro atoms. The summed E-state index contributed by atoms with van der Waals surface area (Å²) in [6, 6.07) is 0. The fourth-order valence-electron chi connectivity index (χ4n) is 2.45. The summed E-state index contributed by atoms with van der Waals surface area (Å²) in [6.45, 7) is 0.389. The van der Waals surface area contributed by atoms with E-state index >= 15 is 0 Å². The van der Waals surface area contributed by atoms with Crippen LogP contribution in [-0.2, 0) is 4.74 Å². The van der Waals surface area contributed by atoms with Crippen LogP contribution in [0.1, 0.15) is 18.3 Å². The summed E-state index contributed by atoms with van der Waals surface area (Å²) in [6.07, 6.45) is 0.330. The van der Waals surface area contributed by atoms with Crippen LogP contribution in [-0.4, -0.2) is 63.0 Å². The van der Waals surface area contributed by atoms with Gasteiger partial charge in [-0.15, -0.1) is 0 Å². The molecule has 4 N–H and O–H groups in total. The van der Waals surface area contributed by atoms with E-state index in [1.54, 1.807) is 22.8 Å². The minimum absolute atomic E-state index is 0.115. The van der Waals surface area contributed by atoms with Crippen molar-refractivity contribution in [1.82, 2.24) is 14.5 Å². The van der Waals surface area contributed by atoms with Crippen LogP contribution in [0, 0.1) is 5.41 Å². The predicted octanol–water partition coefficient (Wildman–Crippen LogP) is -0.836. The number of ether oxygens (including phenoxy) is 1. The largest absolute Gasteiger partial charge is 0.394 e. The molecule has 3 rings (SSSR count). The van der Waals surface area contributed by atoms with Crippen molar-refractivity contribution in [1.29, 1.82) is 5.41 Å². The fourth-order valence-corrected chi connectivity index (χ4v) is 2.45. The molecule has 1 fully saturated rings. The molecule has 0 aliphatic carbocycles. The Bertz CT molecular complexity index is 503. The number of nitrogens with zero attached hydrogens (tertiary/aromatic N) is 3. The van der Waals surface area contributed by atoms with Gasteiger partial charge in [-0.05, 0) is 0 Å².